The van der Waals surface area contributed by atoms with Crippen LogP contribution in [0.15, 0.2) is 35.5 Å². The third-order valence-corrected chi connectivity index (χ3v) is 4.46. The quantitative estimate of drug-likeness (QED) is 0.839. The van der Waals surface area contributed by atoms with Gasteiger partial charge in [-0.25, -0.2) is 4.98 Å². The maximum absolute atomic E-state index is 11.0. The highest BCUT2D eigenvalue weighted by atomic mass is 35.5. The van der Waals surface area contributed by atoms with Gasteiger partial charge in [-0.05, 0) is 23.8 Å². The Hall–Kier alpha value is -1.43. The molecule has 2 aromatic rings. The Morgan fingerprint density at radius 1 is 1.33 bits per heavy atom. The summed E-state index contributed by atoms with van der Waals surface area (Å²) in [4.78, 5) is 15.2. The first-order valence-electron chi connectivity index (χ1n) is 5.92. The van der Waals surface area contributed by atoms with Gasteiger partial charge in [0.1, 0.15) is 10.8 Å². The Kier molecular flexibility index (Phi) is 5.33. The van der Waals surface area contributed by atoms with Crippen LogP contribution in [0.25, 0.3) is 0 Å². The first-order valence-corrected chi connectivity index (χ1v) is 7.66. The van der Waals surface area contributed by atoms with Crippen molar-refractivity contribution in [3.8, 4) is 5.75 Å². The number of carbonyl (C=O) groups is 1. The maximum Gasteiger partial charge on any atom is 0.250 e. The fourth-order valence-electron chi connectivity index (χ4n) is 1.62. The van der Waals surface area contributed by atoms with Crippen LogP contribution in [-0.2, 0) is 5.75 Å². The number of carbonyl (C=O) groups excluding carboxylic acids is 1. The van der Waals surface area contributed by atoms with Crippen LogP contribution in [0.1, 0.15) is 15.9 Å². The molecule has 0 saturated carbocycles. The molecule has 2 N–H and O–H groups in total. The number of hydrogen-bond acceptors (Lipinski definition) is 4. The lowest BCUT2D eigenvalue weighted by molar-refractivity contribution is 0.1000. The van der Waals surface area contributed by atoms with Crippen LogP contribution in [-0.4, -0.2) is 18.0 Å². The molecule has 0 fully saturated rings. The number of benzene rings is 1. The van der Waals surface area contributed by atoms with E-state index in [0.29, 0.717) is 26.6 Å². The number of ether oxygens (including phenoxy) is 1. The number of aromatic nitrogens is 1. The molecule has 0 spiro atoms. The van der Waals surface area contributed by atoms with Crippen molar-refractivity contribution in [1.29, 1.82) is 0 Å². The Balaban J connectivity index is 2.09. The zero-order valence-corrected chi connectivity index (χ0v) is 13.4. The summed E-state index contributed by atoms with van der Waals surface area (Å²) < 4.78 is 5.10. The standard InChI is InChI=1S/C14H12Cl2N2O2S/c1-20-12-3-2-8(4-10(12)15)7-21-14-11(16)5-9(6-18-14)13(17)19/h2-6H,7H2,1H3,(H2,17,19). The molecular formula is C14H12Cl2N2O2S. The molecule has 4 nitrogen and oxygen atoms in total. The van der Waals surface area contributed by atoms with Gasteiger partial charge in [0.05, 0.1) is 22.7 Å². The van der Waals surface area contributed by atoms with Crippen LogP contribution in [0.3, 0.4) is 0 Å². The van der Waals surface area contributed by atoms with Crippen molar-refractivity contribution in [3.05, 3.63) is 51.6 Å². The molecule has 0 atom stereocenters. The van der Waals surface area contributed by atoms with E-state index in [1.54, 1.807) is 7.11 Å². The fraction of sp³-hybridized carbons (Fsp3) is 0.143. The molecule has 2 rings (SSSR count). The normalized spacial score (nSPS) is 10.4. The van der Waals surface area contributed by atoms with E-state index >= 15 is 0 Å². The first-order chi connectivity index (χ1) is 10.0. The van der Waals surface area contributed by atoms with Crippen LogP contribution in [0.2, 0.25) is 10.0 Å². The average molecular weight is 343 g/mol. The summed E-state index contributed by atoms with van der Waals surface area (Å²) in [6, 6.07) is 7.08. The topological polar surface area (TPSA) is 65.2 Å². The van der Waals surface area contributed by atoms with Crippen LogP contribution in [0.5, 0.6) is 5.75 Å². The predicted molar refractivity (Wildman–Crippen MR) is 85.3 cm³/mol. The summed E-state index contributed by atoms with van der Waals surface area (Å²) in [5, 5.41) is 1.59. The summed E-state index contributed by atoms with van der Waals surface area (Å²) in [5.74, 6) is 0.724. The Morgan fingerprint density at radius 2 is 2.10 bits per heavy atom. The summed E-state index contributed by atoms with van der Waals surface area (Å²) >= 11 is 13.6. The number of halogens is 2. The van der Waals surface area contributed by atoms with E-state index in [9.17, 15) is 4.79 Å². The summed E-state index contributed by atoms with van der Waals surface area (Å²) in [6.45, 7) is 0. The number of hydrogen-bond donors (Lipinski definition) is 1. The highest BCUT2D eigenvalue weighted by molar-refractivity contribution is 7.98. The molecule has 21 heavy (non-hydrogen) atoms. The van der Waals surface area contributed by atoms with E-state index in [-0.39, 0.29) is 5.56 Å². The van der Waals surface area contributed by atoms with Gasteiger partial charge in [-0.2, -0.15) is 0 Å². The number of nitrogens with zero attached hydrogens (tertiary/aromatic N) is 1. The van der Waals surface area contributed by atoms with Gasteiger partial charge < -0.3 is 10.5 Å². The Morgan fingerprint density at radius 3 is 2.67 bits per heavy atom. The minimum absolute atomic E-state index is 0.289. The van der Waals surface area contributed by atoms with Crippen molar-refractivity contribution in [2.24, 2.45) is 5.73 Å². The lowest BCUT2D eigenvalue weighted by Crippen LogP contribution is -2.11. The first kappa shape index (κ1) is 15.9. The molecule has 7 heteroatoms. The van der Waals surface area contributed by atoms with Crippen LogP contribution >= 0.6 is 35.0 Å². The summed E-state index contributed by atoms with van der Waals surface area (Å²) in [6.07, 6.45) is 1.41. The van der Waals surface area contributed by atoms with E-state index < -0.39 is 5.91 Å². The average Bonchev–Trinajstić information content (AvgIpc) is 2.46. The van der Waals surface area contributed by atoms with Gasteiger partial charge in [-0.3, -0.25) is 4.79 Å². The Bertz CT molecular complexity index is 680. The number of thioether (sulfide) groups is 1. The van der Waals surface area contributed by atoms with Gasteiger partial charge in [0, 0.05) is 11.9 Å². The minimum atomic E-state index is -0.553. The molecule has 110 valence electrons. The molecule has 0 bridgehead atoms. The predicted octanol–water partition coefficient (Wildman–Crippen LogP) is 3.79. The molecule has 0 aliphatic heterocycles. The van der Waals surface area contributed by atoms with Gasteiger partial charge in [0.15, 0.2) is 0 Å². The number of methoxy groups -OCH3 is 1. The van der Waals surface area contributed by atoms with Gasteiger partial charge >= 0.3 is 0 Å². The number of nitrogens with two attached hydrogens (primary N) is 1. The lowest BCUT2D eigenvalue weighted by atomic mass is 10.2. The molecule has 0 radical (unpaired) electrons. The second kappa shape index (κ2) is 7.02. The third-order valence-electron chi connectivity index (χ3n) is 2.68. The van der Waals surface area contributed by atoms with E-state index in [1.807, 2.05) is 18.2 Å². The van der Waals surface area contributed by atoms with Crippen molar-refractivity contribution in [2.75, 3.05) is 7.11 Å². The molecule has 0 saturated heterocycles. The molecular weight excluding hydrogens is 331 g/mol. The third kappa shape index (κ3) is 4.03. The van der Waals surface area contributed by atoms with E-state index in [4.69, 9.17) is 33.7 Å². The maximum atomic E-state index is 11.0. The zero-order chi connectivity index (χ0) is 15.4. The van der Waals surface area contributed by atoms with Crippen LogP contribution in [0, 0.1) is 0 Å². The van der Waals surface area contributed by atoms with Crippen molar-refractivity contribution in [3.63, 3.8) is 0 Å². The zero-order valence-electron chi connectivity index (χ0n) is 11.1. The molecule has 1 aromatic carbocycles. The number of amides is 1. The minimum Gasteiger partial charge on any atom is -0.495 e. The van der Waals surface area contributed by atoms with Gasteiger partial charge in [-0.15, -0.1) is 11.8 Å². The summed E-state index contributed by atoms with van der Waals surface area (Å²) in [7, 11) is 1.57. The van der Waals surface area contributed by atoms with Crippen molar-refractivity contribution in [1.82, 2.24) is 4.98 Å². The smallest absolute Gasteiger partial charge is 0.250 e. The fourth-order valence-corrected chi connectivity index (χ4v) is 3.03. The molecule has 1 aromatic heterocycles. The van der Waals surface area contributed by atoms with E-state index in [1.165, 1.54) is 24.0 Å². The second-order valence-corrected chi connectivity index (χ2v) is 5.91. The number of pyridine rings is 1. The molecule has 1 heterocycles. The molecule has 0 aliphatic carbocycles. The SMILES string of the molecule is COc1ccc(CSc2ncc(C(N)=O)cc2Cl)cc1Cl. The lowest BCUT2D eigenvalue weighted by Gasteiger charge is -2.07. The number of rotatable bonds is 5. The highest BCUT2D eigenvalue weighted by Gasteiger charge is 2.09. The number of primary amides is 1. The molecule has 0 unspecified atom stereocenters. The van der Waals surface area contributed by atoms with Gasteiger partial charge in [0.2, 0.25) is 5.91 Å². The van der Waals surface area contributed by atoms with E-state index in [2.05, 4.69) is 4.98 Å². The van der Waals surface area contributed by atoms with Gasteiger partial charge in [0.25, 0.3) is 0 Å². The van der Waals surface area contributed by atoms with Gasteiger partial charge in [-0.1, -0.05) is 29.3 Å². The second-order valence-electron chi connectivity index (χ2n) is 4.13. The highest BCUT2D eigenvalue weighted by Crippen LogP contribution is 2.31. The largest absolute Gasteiger partial charge is 0.495 e. The summed E-state index contributed by atoms with van der Waals surface area (Å²) in [5.41, 5.74) is 6.48. The van der Waals surface area contributed by atoms with E-state index in [0.717, 1.165) is 5.56 Å². The van der Waals surface area contributed by atoms with Crippen molar-refractivity contribution in [2.45, 2.75) is 10.8 Å². The molecule has 0 aliphatic rings. The molecule has 1 amide bonds. The Labute approximate surface area is 136 Å². The monoisotopic (exact) mass is 342 g/mol. The van der Waals surface area contributed by atoms with Crippen LogP contribution in [0.4, 0.5) is 0 Å². The van der Waals surface area contributed by atoms with Crippen molar-refractivity contribution < 1.29 is 9.53 Å². The van der Waals surface area contributed by atoms with Crippen molar-refractivity contribution >= 4 is 40.9 Å². The van der Waals surface area contributed by atoms with Crippen LogP contribution < -0.4 is 10.5 Å².